The molecule has 2 fully saturated rings. The highest BCUT2D eigenvalue weighted by atomic mass is 16.4. The normalized spacial score (nSPS) is 23.4. The third-order valence-corrected chi connectivity index (χ3v) is 7.66. The lowest BCUT2D eigenvalue weighted by molar-refractivity contribution is -0.127. The fourth-order valence-corrected chi connectivity index (χ4v) is 5.29. The van der Waals surface area contributed by atoms with Crippen molar-refractivity contribution in [2.24, 2.45) is 23.7 Å². The zero-order chi connectivity index (χ0) is 22.8. The molecule has 6 heteroatoms. The van der Waals surface area contributed by atoms with Crippen LogP contribution in [0, 0.1) is 23.7 Å². The van der Waals surface area contributed by atoms with E-state index >= 15 is 0 Å². The maximum atomic E-state index is 13.1. The molecule has 0 radical (unpaired) electrons. The van der Waals surface area contributed by atoms with Crippen LogP contribution in [0.5, 0.6) is 0 Å². The van der Waals surface area contributed by atoms with Crippen LogP contribution in [-0.2, 0) is 10.2 Å². The van der Waals surface area contributed by atoms with Crippen molar-refractivity contribution in [2.75, 3.05) is 18.0 Å². The predicted molar refractivity (Wildman–Crippen MR) is 125 cm³/mol. The molecule has 3 rings (SSSR count). The molecule has 176 valence electrons. The summed E-state index contributed by atoms with van der Waals surface area (Å²) < 4.78 is 6.01. The van der Waals surface area contributed by atoms with Gasteiger partial charge in [0.05, 0.1) is 0 Å². The average molecular weight is 433 g/mol. The van der Waals surface area contributed by atoms with E-state index in [0.29, 0.717) is 30.3 Å². The number of amides is 1. The van der Waals surface area contributed by atoms with E-state index in [1.165, 1.54) is 32.1 Å². The Morgan fingerprint density at radius 2 is 1.84 bits per heavy atom. The summed E-state index contributed by atoms with van der Waals surface area (Å²) in [5.74, 6) is 2.47. The maximum Gasteiger partial charge on any atom is 0.318 e. The molecule has 2 heterocycles. The van der Waals surface area contributed by atoms with Gasteiger partial charge in [-0.15, -0.1) is 5.10 Å². The van der Waals surface area contributed by atoms with Crippen molar-refractivity contribution in [3.05, 3.63) is 5.89 Å². The molecular weight excluding hydrogens is 388 g/mol. The number of nitrogens with zero attached hydrogens (tertiary/aromatic N) is 3. The number of carbonyl (C=O) groups is 1. The Kier molecular flexibility index (Phi) is 7.37. The second-order valence-electron chi connectivity index (χ2n) is 11.8. The van der Waals surface area contributed by atoms with Crippen LogP contribution < -0.4 is 10.2 Å². The summed E-state index contributed by atoms with van der Waals surface area (Å²) in [5.41, 5.74) is -0.307. The van der Waals surface area contributed by atoms with Gasteiger partial charge in [0.2, 0.25) is 11.8 Å². The second kappa shape index (κ2) is 9.50. The van der Waals surface area contributed by atoms with E-state index in [1.807, 2.05) is 0 Å². The highest BCUT2D eigenvalue weighted by Crippen LogP contribution is 2.38. The molecule has 0 aromatic carbocycles. The highest BCUT2D eigenvalue weighted by molar-refractivity contribution is 5.78. The molecule has 1 saturated heterocycles. The monoisotopic (exact) mass is 432 g/mol. The Morgan fingerprint density at radius 3 is 2.42 bits per heavy atom. The first-order valence-corrected chi connectivity index (χ1v) is 12.4. The summed E-state index contributed by atoms with van der Waals surface area (Å²) in [6.07, 6.45) is 8.66. The molecule has 0 bridgehead atoms. The average Bonchev–Trinajstić information content (AvgIpc) is 3.29. The molecule has 31 heavy (non-hydrogen) atoms. The smallest absolute Gasteiger partial charge is 0.318 e. The van der Waals surface area contributed by atoms with Crippen molar-refractivity contribution >= 4 is 11.9 Å². The molecule has 1 saturated carbocycles. The van der Waals surface area contributed by atoms with E-state index in [9.17, 15) is 4.79 Å². The zero-order valence-corrected chi connectivity index (χ0v) is 20.8. The Bertz CT molecular complexity index is 728. The number of anilines is 1. The quantitative estimate of drug-likeness (QED) is 0.630. The minimum atomic E-state index is -0.160. The van der Waals surface area contributed by atoms with Crippen molar-refractivity contribution < 1.29 is 9.21 Å². The first kappa shape index (κ1) is 24.1. The van der Waals surface area contributed by atoms with Crippen LogP contribution in [0.15, 0.2) is 4.42 Å². The molecule has 1 aromatic heterocycles. The fraction of sp³-hybridized carbons (Fsp3) is 0.880. The first-order valence-electron chi connectivity index (χ1n) is 12.4. The largest absolute Gasteiger partial charge is 0.407 e. The number of nitrogens with one attached hydrogen (secondary N) is 1. The van der Waals surface area contributed by atoms with Gasteiger partial charge in [-0.05, 0) is 38.5 Å². The number of carbonyl (C=O) groups excluding carboxylic acids is 1. The standard InChI is InChI=1S/C25H44N4O2/c1-17(2)20(15-18-11-9-8-10-12-18)21(30)26-16-19-13-14-29(25(19,6)7)23-28-27-22(31-23)24(3,4)5/h17-20H,8-16H2,1-7H3,(H,26,30). The molecule has 2 atom stereocenters. The Balaban J connectivity index is 1.59. The van der Waals surface area contributed by atoms with Crippen molar-refractivity contribution in [1.29, 1.82) is 0 Å². The number of aromatic nitrogens is 2. The van der Waals surface area contributed by atoms with Crippen LogP contribution in [0.25, 0.3) is 0 Å². The Hall–Kier alpha value is -1.59. The van der Waals surface area contributed by atoms with Gasteiger partial charge in [-0.2, -0.15) is 0 Å². The van der Waals surface area contributed by atoms with Crippen LogP contribution in [0.3, 0.4) is 0 Å². The second-order valence-corrected chi connectivity index (χ2v) is 11.8. The lowest BCUT2D eigenvalue weighted by Crippen LogP contribution is -2.47. The van der Waals surface area contributed by atoms with Gasteiger partial charge in [-0.1, -0.05) is 71.8 Å². The molecule has 1 aliphatic carbocycles. The molecule has 2 aliphatic rings. The molecule has 1 N–H and O–H groups in total. The van der Waals surface area contributed by atoms with E-state index in [-0.39, 0.29) is 22.8 Å². The van der Waals surface area contributed by atoms with E-state index in [1.54, 1.807) is 0 Å². The van der Waals surface area contributed by atoms with Gasteiger partial charge >= 0.3 is 6.01 Å². The van der Waals surface area contributed by atoms with Gasteiger partial charge < -0.3 is 14.6 Å². The van der Waals surface area contributed by atoms with Gasteiger partial charge in [-0.25, -0.2) is 0 Å². The summed E-state index contributed by atoms with van der Waals surface area (Å²) in [6, 6.07) is 0.598. The Labute approximate surface area is 188 Å². The van der Waals surface area contributed by atoms with Crippen molar-refractivity contribution in [3.63, 3.8) is 0 Å². The van der Waals surface area contributed by atoms with E-state index in [4.69, 9.17) is 4.42 Å². The molecule has 0 spiro atoms. The van der Waals surface area contributed by atoms with E-state index in [0.717, 1.165) is 25.3 Å². The summed E-state index contributed by atoms with van der Waals surface area (Å²) in [7, 11) is 0. The molecular formula is C25H44N4O2. The number of rotatable bonds is 7. The topological polar surface area (TPSA) is 71.3 Å². The SMILES string of the molecule is CC(C)C(CC1CCCCC1)C(=O)NCC1CCN(c2nnc(C(C)(C)C)o2)C1(C)C. The van der Waals surface area contributed by atoms with Crippen molar-refractivity contribution in [1.82, 2.24) is 15.5 Å². The third kappa shape index (κ3) is 5.61. The van der Waals surface area contributed by atoms with Crippen LogP contribution >= 0.6 is 0 Å². The van der Waals surface area contributed by atoms with Crippen molar-refractivity contribution in [3.8, 4) is 0 Å². The summed E-state index contributed by atoms with van der Waals surface area (Å²) in [6.45, 7) is 16.6. The summed E-state index contributed by atoms with van der Waals surface area (Å²) in [4.78, 5) is 15.3. The minimum Gasteiger partial charge on any atom is -0.407 e. The van der Waals surface area contributed by atoms with Crippen LogP contribution in [0.2, 0.25) is 0 Å². The zero-order valence-electron chi connectivity index (χ0n) is 20.8. The lowest BCUT2D eigenvalue weighted by atomic mass is 9.79. The molecule has 1 amide bonds. The van der Waals surface area contributed by atoms with Crippen molar-refractivity contribution in [2.45, 2.75) is 104 Å². The minimum absolute atomic E-state index is 0.119. The van der Waals surface area contributed by atoms with Crippen LogP contribution in [0.4, 0.5) is 6.01 Å². The molecule has 1 aliphatic heterocycles. The van der Waals surface area contributed by atoms with Gasteiger partial charge in [0.1, 0.15) is 0 Å². The summed E-state index contributed by atoms with van der Waals surface area (Å²) in [5, 5.41) is 11.9. The molecule has 2 unspecified atom stereocenters. The lowest BCUT2D eigenvalue weighted by Gasteiger charge is -2.35. The fourth-order valence-electron chi connectivity index (χ4n) is 5.29. The molecule has 1 aromatic rings. The first-order chi connectivity index (χ1) is 14.5. The van der Waals surface area contributed by atoms with Crippen LogP contribution in [-0.4, -0.2) is 34.7 Å². The third-order valence-electron chi connectivity index (χ3n) is 7.66. The van der Waals surface area contributed by atoms with Crippen LogP contribution in [0.1, 0.15) is 99.3 Å². The maximum absolute atomic E-state index is 13.1. The van der Waals surface area contributed by atoms with E-state index in [2.05, 4.69) is 68.9 Å². The number of hydrogen-bond donors (Lipinski definition) is 1. The highest BCUT2D eigenvalue weighted by Gasteiger charge is 2.44. The van der Waals surface area contributed by atoms with Gasteiger partial charge in [0.25, 0.3) is 0 Å². The Morgan fingerprint density at radius 1 is 1.16 bits per heavy atom. The van der Waals surface area contributed by atoms with Gasteiger partial charge in [0.15, 0.2) is 0 Å². The predicted octanol–water partition coefficient (Wildman–Crippen LogP) is 5.33. The van der Waals surface area contributed by atoms with Gasteiger partial charge in [0, 0.05) is 35.9 Å². The van der Waals surface area contributed by atoms with Gasteiger partial charge in [-0.3, -0.25) is 4.79 Å². The summed E-state index contributed by atoms with van der Waals surface area (Å²) >= 11 is 0. The van der Waals surface area contributed by atoms with E-state index < -0.39 is 0 Å². The molecule has 6 nitrogen and oxygen atoms in total. The number of hydrogen-bond acceptors (Lipinski definition) is 5.